The highest BCUT2D eigenvalue weighted by molar-refractivity contribution is 7.80. The molecule has 2 N–H and O–H groups in total. The van der Waals surface area contributed by atoms with Crippen LogP contribution < -0.4 is 10.5 Å². The van der Waals surface area contributed by atoms with E-state index in [1.165, 1.54) is 12.4 Å². The monoisotopic (exact) mass is 227 g/mol. The van der Waals surface area contributed by atoms with E-state index in [0.29, 0.717) is 24.8 Å². The third-order valence-corrected chi connectivity index (χ3v) is 1.83. The fourth-order valence-corrected chi connectivity index (χ4v) is 1.00. The first-order valence-corrected chi connectivity index (χ1v) is 4.88. The molecule has 0 unspecified atom stereocenters. The Morgan fingerprint density at radius 1 is 1.40 bits per heavy atom. The standard InChI is InChI=1S/C9H13N3O2S/c1-13-3-2-4-14-8-6-11-7(5-12-8)9(10)15/h5-6H,2-4H2,1H3,(H2,10,15). The highest BCUT2D eigenvalue weighted by Gasteiger charge is 2.00. The van der Waals surface area contributed by atoms with Crippen molar-refractivity contribution in [3.05, 3.63) is 18.1 Å². The predicted octanol–water partition coefficient (Wildman–Crippen LogP) is 0.526. The van der Waals surface area contributed by atoms with Crippen molar-refractivity contribution in [2.24, 2.45) is 5.73 Å². The maximum atomic E-state index is 5.38. The van der Waals surface area contributed by atoms with Crippen molar-refractivity contribution in [2.45, 2.75) is 6.42 Å². The highest BCUT2D eigenvalue weighted by Crippen LogP contribution is 2.04. The molecule has 0 aliphatic heterocycles. The molecule has 0 atom stereocenters. The van der Waals surface area contributed by atoms with Crippen LogP contribution in [-0.2, 0) is 4.74 Å². The molecule has 0 aromatic carbocycles. The van der Waals surface area contributed by atoms with Crippen LogP contribution in [0.2, 0.25) is 0 Å². The molecule has 0 fully saturated rings. The van der Waals surface area contributed by atoms with Gasteiger partial charge in [-0.25, -0.2) is 9.97 Å². The summed E-state index contributed by atoms with van der Waals surface area (Å²) in [5.74, 6) is 0.464. The number of nitrogens with zero attached hydrogens (tertiary/aromatic N) is 2. The molecule has 15 heavy (non-hydrogen) atoms. The second-order valence-electron chi connectivity index (χ2n) is 2.80. The molecule has 1 heterocycles. The Kier molecular flexibility index (Phi) is 4.92. The van der Waals surface area contributed by atoms with Gasteiger partial charge in [0.15, 0.2) is 0 Å². The molecule has 1 aromatic rings. The zero-order chi connectivity index (χ0) is 11.1. The maximum absolute atomic E-state index is 5.38. The van der Waals surface area contributed by atoms with Gasteiger partial charge in [0.1, 0.15) is 10.7 Å². The third-order valence-electron chi connectivity index (χ3n) is 1.62. The third kappa shape index (κ3) is 4.18. The van der Waals surface area contributed by atoms with Gasteiger partial charge in [0.2, 0.25) is 5.88 Å². The lowest BCUT2D eigenvalue weighted by Crippen LogP contribution is -2.12. The van der Waals surface area contributed by atoms with Gasteiger partial charge in [-0.1, -0.05) is 12.2 Å². The summed E-state index contributed by atoms with van der Waals surface area (Å²) in [7, 11) is 1.65. The lowest BCUT2D eigenvalue weighted by molar-refractivity contribution is 0.170. The molecule has 0 spiro atoms. The molecule has 0 amide bonds. The molecule has 0 saturated heterocycles. The Balaban J connectivity index is 2.39. The highest BCUT2D eigenvalue weighted by atomic mass is 32.1. The SMILES string of the molecule is COCCCOc1cnc(C(N)=S)cn1. The Bertz CT molecular complexity index is 316. The fraction of sp³-hybridized carbons (Fsp3) is 0.444. The molecule has 1 rings (SSSR count). The molecule has 0 bridgehead atoms. The smallest absolute Gasteiger partial charge is 0.232 e. The molecular weight excluding hydrogens is 214 g/mol. The summed E-state index contributed by atoms with van der Waals surface area (Å²) in [5.41, 5.74) is 5.87. The number of methoxy groups -OCH3 is 1. The minimum atomic E-state index is 0.230. The number of nitrogens with two attached hydrogens (primary N) is 1. The summed E-state index contributed by atoms with van der Waals surface area (Å²) in [6.45, 7) is 1.22. The Morgan fingerprint density at radius 3 is 2.73 bits per heavy atom. The van der Waals surface area contributed by atoms with Gasteiger partial charge in [-0.15, -0.1) is 0 Å². The molecule has 0 aliphatic carbocycles. The van der Waals surface area contributed by atoms with Crippen LogP contribution in [0.4, 0.5) is 0 Å². The van der Waals surface area contributed by atoms with E-state index >= 15 is 0 Å². The quantitative estimate of drug-likeness (QED) is 0.564. The first kappa shape index (κ1) is 11.8. The lowest BCUT2D eigenvalue weighted by Gasteiger charge is -2.04. The predicted molar refractivity (Wildman–Crippen MR) is 59.9 cm³/mol. The number of aromatic nitrogens is 2. The largest absolute Gasteiger partial charge is 0.476 e. The van der Waals surface area contributed by atoms with E-state index in [1.54, 1.807) is 7.11 Å². The van der Waals surface area contributed by atoms with E-state index in [9.17, 15) is 0 Å². The van der Waals surface area contributed by atoms with Gasteiger partial charge in [-0.3, -0.25) is 0 Å². The number of rotatable bonds is 6. The Hall–Kier alpha value is -1.27. The molecule has 6 heteroatoms. The van der Waals surface area contributed by atoms with Gasteiger partial charge in [0, 0.05) is 20.1 Å². The van der Waals surface area contributed by atoms with E-state index in [-0.39, 0.29) is 4.99 Å². The summed E-state index contributed by atoms with van der Waals surface area (Å²) in [4.78, 5) is 8.23. The van der Waals surface area contributed by atoms with E-state index in [2.05, 4.69) is 9.97 Å². The van der Waals surface area contributed by atoms with Gasteiger partial charge in [0.05, 0.1) is 19.0 Å². The fourth-order valence-electron chi connectivity index (χ4n) is 0.898. The van der Waals surface area contributed by atoms with Crippen molar-refractivity contribution >= 4 is 17.2 Å². The van der Waals surface area contributed by atoms with Gasteiger partial charge in [0.25, 0.3) is 0 Å². The van der Waals surface area contributed by atoms with Crippen LogP contribution in [0.5, 0.6) is 5.88 Å². The van der Waals surface area contributed by atoms with E-state index in [1.807, 2.05) is 0 Å². The summed E-state index contributed by atoms with van der Waals surface area (Å²) in [6.07, 6.45) is 3.81. The van der Waals surface area contributed by atoms with Crippen LogP contribution in [0.1, 0.15) is 12.1 Å². The minimum absolute atomic E-state index is 0.230. The van der Waals surface area contributed by atoms with Crippen molar-refractivity contribution in [3.63, 3.8) is 0 Å². The normalized spacial score (nSPS) is 9.93. The van der Waals surface area contributed by atoms with Gasteiger partial charge < -0.3 is 15.2 Å². The number of ether oxygens (including phenoxy) is 2. The van der Waals surface area contributed by atoms with E-state index in [4.69, 9.17) is 27.4 Å². The zero-order valence-corrected chi connectivity index (χ0v) is 9.29. The summed E-state index contributed by atoms with van der Waals surface area (Å²) in [6, 6.07) is 0. The molecule has 0 aliphatic rings. The topological polar surface area (TPSA) is 70.3 Å². The van der Waals surface area contributed by atoms with Crippen LogP contribution in [0.15, 0.2) is 12.4 Å². The van der Waals surface area contributed by atoms with Gasteiger partial charge in [-0.2, -0.15) is 0 Å². The van der Waals surface area contributed by atoms with Crippen molar-refractivity contribution in [3.8, 4) is 5.88 Å². The zero-order valence-electron chi connectivity index (χ0n) is 8.47. The van der Waals surface area contributed by atoms with Crippen LogP contribution >= 0.6 is 12.2 Å². The molecular formula is C9H13N3O2S. The van der Waals surface area contributed by atoms with Gasteiger partial charge in [-0.05, 0) is 0 Å². The summed E-state index contributed by atoms with van der Waals surface area (Å²) < 4.78 is 10.2. The average Bonchev–Trinajstić information content (AvgIpc) is 2.25. The molecule has 5 nitrogen and oxygen atoms in total. The van der Waals surface area contributed by atoms with Crippen LogP contribution in [-0.4, -0.2) is 35.3 Å². The molecule has 1 aromatic heterocycles. The Morgan fingerprint density at radius 2 is 2.20 bits per heavy atom. The first-order valence-electron chi connectivity index (χ1n) is 4.47. The lowest BCUT2D eigenvalue weighted by atomic mass is 10.4. The number of hydrogen-bond donors (Lipinski definition) is 1. The van der Waals surface area contributed by atoms with Crippen molar-refractivity contribution in [1.29, 1.82) is 0 Å². The van der Waals surface area contributed by atoms with E-state index < -0.39 is 0 Å². The average molecular weight is 227 g/mol. The van der Waals surface area contributed by atoms with Gasteiger partial charge >= 0.3 is 0 Å². The summed E-state index contributed by atoms with van der Waals surface area (Å²) >= 11 is 4.75. The van der Waals surface area contributed by atoms with Crippen LogP contribution in [0, 0.1) is 0 Å². The summed E-state index contributed by atoms with van der Waals surface area (Å²) in [5, 5.41) is 0. The van der Waals surface area contributed by atoms with Crippen LogP contribution in [0.25, 0.3) is 0 Å². The van der Waals surface area contributed by atoms with E-state index in [0.717, 1.165) is 6.42 Å². The first-order chi connectivity index (χ1) is 7.24. The second-order valence-corrected chi connectivity index (χ2v) is 3.24. The minimum Gasteiger partial charge on any atom is -0.476 e. The molecule has 82 valence electrons. The Labute approximate surface area is 93.6 Å². The van der Waals surface area contributed by atoms with Crippen molar-refractivity contribution < 1.29 is 9.47 Å². The number of hydrogen-bond acceptors (Lipinski definition) is 5. The van der Waals surface area contributed by atoms with Crippen LogP contribution in [0.3, 0.4) is 0 Å². The van der Waals surface area contributed by atoms with Crippen molar-refractivity contribution in [2.75, 3.05) is 20.3 Å². The maximum Gasteiger partial charge on any atom is 0.232 e. The molecule has 0 radical (unpaired) electrons. The second kappa shape index (κ2) is 6.26. The molecule has 0 saturated carbocycles. The number of thiocarbonyl (C=S) groups is 1. The van der Waals surface area contributed by atoms with Crippen molar-refractivity contribution in [1.82, 2.24) is 9.97 Å².